The molecule has 0 unspecified atom stereocenters. The molecule has 0 bridgehead atoms. The van der Waals surface area contributed by atoms with Crippen molar-refractivity contribution < 1.29 is 13.5 Å². The Labute approximate surface area is 174 Å². The van der Waals surface area contributed by atoms with Crippen LogP contribution in [0.5, 0.6) is 0 Å². The predicted molar refractivity (Wildman–Crippen MR) is 114 cm³/mol. The fourth-order valence-electron chi connectivity index (χ4n) is 3.87. The molecule has 0 amide bonds. The molecule has 9 heteroatoms. The molecule has 154 valence electrons. The normalized spacial score (nSPS) is 16.7. The zero-order valence-electron chi connectivity index (χ0n) is 16.4. The number of aromatic nitrogens is 4. The molecule has 30 heavy (non-hydrogen) atoms. The summed E-state index contributed by atoms with van der Waals surface area (Å²) < 4.78 is 38.8. The molecule has 2 aromatic heterocycles. The Morgan fingerprint density at radius 2 is 1.87 bits per heavy atom. The Kier molecular flexibility index (Phi) is 4.37. The zero-order chi connectivity index (χ0) is 21.0. The highest BCUT2D eigenvalue weighted by Gasteiger charge is 2.32. The molecule has 1 aliphatic rings. The van der Waals surface area contributed by atoms with Gasteiger partial charge in [-0.15, -0.1) is 15.9 Å². The minimum Gasteiger partial charge on any atom is -0.314 e. The lowest BCUT2D eigenvalue weighted by molar-refractivity contribution is 0.399. The number of rotatable bonds is 3. The van der Waals surface area contributed by atoms with E-state index in [2.05, 4.69) is 15.2 Å². The van der Waals surface area contributed by atoms with Crippen LogP contribution in [0.15, 0.2) is 53.8 Å². The van der Waals surface area contributed by atoms with E-state index in [0.717, 1.165) is 23.2 Å². The van der Waals surface area contributed by atoms with Crippen LogP contribution in [0.3, 0.4) is 0 Å². The highest BCUT2D eigenvalue weighted by molar-refractivity contribution is 8.22. The molecule has 0 saturated carbocycles. The summed E-state index contributed by atoms with van der Waals surface area (Å²) in [7, 11) is -1.30. The summed E-state index contributed by atoms with van der Waals surface area (Å²) >= 11 is 0. The summed E-state index contributed by atoms with van der Waals surface area (Å²) in [6.07, 6.45) is 3.36. The Bertz CT molecular complexity index is 1290. The van der Waals surface area contributed by atoms with E-state index < -0.39 is 10.8 Å². The lowest BCUT2D eigenvalue weighted by Crippen LogP contribution is -2.15. The number of hydrogen-bond acceptors (Lipinski definition) is 6. The summed E-state index contributed by atoms with van der Waals surface area (Å²) in [5, 5.41) is 8.29. The standard InChI is InChI=1S/C21H20FN5O2S/c1-3-27-12-23-20-17(10-24-25-21(20)27)14-4-6-18(22)16(9-14)13-5-7-19-15(8-13)11-26(2)30(19,28)29/h4-10,12,28-29H,3,11H2,1-2H3. The van der Waals surface area contributed by atoms with Gasteiger partial charge in [-0.05, 0) is 47.9 Å². The lowest BCUT2D eigenvalue weighted by Gasteiger charge is -2.34. The molecule has 0 spiro atoms. The predicted octanol–water partition coefficient (Wildman–Crippen LogP) is 4.79. The number of aryl methyl sites for hydroxylation is 1. The fraction of sp³-hybridized carbons (Fsp3) is 0.190. The Balaban J connectivity index is 1.63. The van der Waals surface area contributed by atoms with Gasteiger partial charge in [-0.25, -0.2) is 13.7 Å². The van der Waals surface area contributed by atoms with Gasteiger partial charge in [0.2, 0.25) is 0 Å². The average Bonchev–Trinajstić information content (AvgIpc) is 3.26. The number of nitrogens with zero attached hydrogens (tertiary/aromatic N) is 5. The molecule has 0 radical (unpaired) electrons. The summed E-state index contributed by atoms with van der Waals surface area (Å²) in [5.74, 6) is -0.353. The monoisotopic (exact) mass is 425 g/mol. The maximum absolute atomic E-state index is 14.8. The maximum atomic E-state index is 14.8. The molecule has 2 aromatic carbocycles. The first-order chi connectivity index (χ1) is 14.4. The van der Waals surface area contributed by atoms with E-state index in [-0.39, 0.29) is 5.82 Å². The number of fused-ring (bicyclic) bond motifs is 2. The second-order valence-corrected chi connectivity index (χ2v) is 9.38. The quantitative estimate of drug-likeness (QED) is 0.491. The average molecular weight is 425 g/mol. The van der Waals surface area contributed by atoms with Gasteiger partial charge in [0.05, 0.1) is 17.4 Å². The molecule has 0 fully saturated rings. The van der Waals surface area contributed by atoms with E-state index in [4.69, 9.17) is 0 Å². The summed E-state index contributed by atoms with van der Waals surface area (Å²) in [6, 6.07) is 10.1. The Morgan fingerprint density at radius 3 is 2.67 bits per heavy atom. The van der Waals surface area contributed by atoms with Crippen molar-refractivity contribution in [2.45, 2.75) is 24.9 Å². The van der Waals surface area contributed by atoms with Gasteiger partial charge in [-0.1, -0.05) is 12.1 Å². The Hall–Kier alpha value is -2.85. The van der Waals surface area contributed by atoms with E-state index >= 15 is 0 Å². The van der Waals surface area contributed by atoms with E-state index in [1.807, 2.05) is 17.6 Å². The van der Waals surface area contributed by atoms with Crippen LogP contribution in [-0.2, 0) is 13.1 Å². The van der Waals surface area contributed by atoms with Gasteiger partial charge >= 0.3 is 0 Å². The first-order valence-electron chi connectivity index (χ1n) is 9.49. The highest BCUT2D eigenvalue weighted by Crippen LogP contribution is 2.58. The number of halogens is 1. The maximum Gasteiger partial charge on any atom is 0.183 e. The van der Waals surface area contributed by atoms with Gasteiger partial charge in [-0.3, -0.25) is 9.11 Å². The van der Waals surface area contributed by atoms with Crippen molar-refractivity contribution in [2.75, 3.05) is 7.05 Å². The van der Waals surface area contributed by atoms with E-state index in [1.54, 1.807) is 43.8 Å². The minimum absolute atomic E-state index is 0.353. The smallest absolute Gasteiger partial charge is 0.183 e. The van der Waals surface area contributed by atoms with Crippen LogP contribution >= 0.6 is 10.8 Å². The van der Waals surface area contributed by atoms with Crippen LogP contribution in [0.2, 0.25) is 0 Å². The third-order valence-corrected chi connectivity index (χ3v) is 7.50. The number of benzene rings is 2. The van der Waals surface area contributed by atoms with Gasteiger partial charge in [-0.2, -0.15) is 5.10 Å². The number of imidazole rings is 1. The van der Waals surface area contributed by atoms with Crippen molar-refractivity contribution in [1.29, 1.82) is 0 Å². The number of hydrogen-bond donors (Lipinski definition) is 2. The largest absolute Gasteiger partial charge is 0.314 e. The molecule has 7 nitrogen and oxygen atoms in total. The van der Waals surface area contributed by atoms with Crippen LogP contribution < -0.4 is 0 Å². The molecule has 0 atom stereocenters. The van der Waals surface area contributed by atoms with Gasteiger partial charge in [0.1, 0.15) is 11.3 Å². The topological polar surface area (TPSA) is 87.3 Å². The van der Waals surface area contributed by atoms with Crippen molar-refractivity contribution in [3.8, 4) is 22.3 Å². The zero-order valence-corrected chi connectivity index (χ0v) is 17.3. The summed E-state index contributed by atoms with van der Waals surface area (Å²) in [4.78, 5) is 4.97. The summed E-state index contributed by atoms with van der Waals surface area (Å²) in [6.45, 7) is 3.13. The van der Waals surface area contributed by atoms with Gasteiger partial charge in [0.25, 0.3) is 0 Å². The summed E-state index contributed by atoms with van der Waals surface area (Å²) in [5.41, 5.74) is 4.87. The van der Waals surface area contributed by atoms with Crippen molar-refractivity contribution in [3.63, 3.8) is 0 Å². The molecule has 0 aliphatic carbocycles. The second-order valence-electron chi connectivity index (χ2n) is 7.28. The van der Waals surface area contributed by atoms with Crippen molar-refractivity contribution >= 4 is 21.9 Å². The third kappa shape index (κ3) is 2.82. The molecule has 3 heterocycles. The van der Waals surface area contributed by atoms with Crippen LogP contribution in [0, 0.1) is 5.82 Å². The van der Waals surface area contributed by atoms with E-state index in [9.17, 15) is 13.5 Å². The fourth-order valence-corrected chi connectivity index (χ4v) is 5.25. The molecular formula is C21H20FN5O2S. The van der Waals surface area contributed by atoms with Crippen molar-refractivity contribution in [3.05, 3.63) is 60.3 Å². The van der Waals surface area contributed by atoms with Crippen LogP contribution in [-0.4, -0.2) is 40.2 Å². The third-order valence-electron chi connectivity index (χ3n) is 5.52. The van der Waals surface area contributed by atoms with Crippen LogP contribution in [0.4, 0.5) is 4.39 Å². The van der Waals surface area contributed by atoms with Gasteiger partial charge < -0.3 is 4.57 Å². The molecule has 1 aliphatic heterocycles. The van der Waals surface area contributed by atoms with Crippen LogP contribution in [0.25, 0.3) is 33.4 Å². The molecular weight excluding hydrogens is 405 g/mol. The molecule has 2 N–H and O–H groups in total. The van der Waals surface area contributed by atoms with Crippen molar-refractivity contribution in [2.24, 2.45) is 0 Å². The SMILES string of the molecule is CCn1cnc2c(-c3ccc(F)c(-c4ccc5c(c4)CN(C)S5(O)O)c3)cnnc21. The Morgan fingerprint density at radius 1 is 1.10 bits per heavy atom. The second kappa shape index (κ2) is 6.85. The van der Waals surface area contributed by atoms with Crippen LogP contribution in [0.1, 0.15) is 12.5 Å². The molecule has 5 rings (SSSR count). The van der Waals surface area contributed by atoms with E-state index in [1.165, 1.54) is 10.4 Å². The van der Waals surface area contributed by atoms with Gasteiger partial charge in [0.15, 0.2) is 5.65 Å². The highest BCUT2D eigenvalue weighted by atomic mass is 32.3. The first-order valence-corrected chi connectivity index (χ1v) is 11.0. The molecule has 0 saturated heterocycles. The van der Waals surface area contributed by atoms with Crippen molar-refractivity contribution in [1.82, 2.24) is 24.1 Å². The molecule has 4 aromatic rings. The lowest BCUT2D eigenvalue weighted by atomic mass is 9.98. The van der Waals surface area contributed by atoms with E-state index in [0.29, 0.717) is 33.7 Å². The van der Waals surface area contributed by atoms with Gasteiger partial charge in [0, 0.05) is 31.3 Å². The first kappa shape index (κ1) is 19.1. The minimum atomic E-state index is -2.96.